The lowest BCUT2D eigenvalue weighted by atomic mass is 10.1. The lowest BCUT2D eigenvalue weighted by Gasteiger charge is -2.18. The molecule has 1 heterocycles. The summed E-state index contributed by atoms with van der Waals surface area (Å²) in [5.41, 5.74) is 0.0618. The van der Waals surface area contributed by atoms with Gasteiger partial charge in [-0.2, -0.15) is 0 Å². The highest BCUT2D eigenvalue weighted by atomic mass is 32.2. The number of ether oxygens (including phenoxy) is 1. The molecule has 0 spiro atoms. The highest BCUT2D eigenvalue weighted by Gasteiger charge is 2.09. The molecule has 1 N–H and O–H groups in total. The van der Waals surface area contributed by atoms with Gasteiger partial charge in [0.1, 0.15) is 5.03 Å². The molecule has 0 bridgehead atoms. The first-order valence-corrected chi connectivity index (χ1v) is 5.15. The Morgan fingerprint density at radius 2 is 2.00 bits per heavy atom. The van der Waals surface area contributed by atoms with Crippen LogP contribution < -0.4 is 9.46 Å². The normalized spacial score (nSPS) is 11.4. The zero-order chi connectivity index (χ0) is 10.6. The molecule has 4 nitrogen and oxygen atoms in total. The molecular weight excluding hydrogens is 198 g/mol. The minimum Gasteiger partial charge on any atom is -0.480 e. The number of methoxy groups -OCH3 is 1. The van der Waals surface area contributed by atoms with Crippen molar-refractivity contribution in [1.82, 2.24) is 14.9 Å². The summed E-state index contributed by atoms with van der Waals surface area (Å²) in [6.45, 7) is 6.28. The van der Waals surface area contributed by atoms with Gasteiger partial charge in [-0.15, -0.1) is 10.2 Å². The van der Waals surface area contributed by atoms with E-state index in [-0.39, 0.29) is 5.54 Å². The van der Waals surface area contributed by atoms with Gasteiger partial charge in [-0.3, -0.25) is 4.72 Å². The summed E-state index contributed by atoms with van der Waals surface area (Å²) in [5, 5.41) is 8.68. The van der Waals surface area contributed by atoms with Crippen LogP contribution in [-0.4, -0.2) is 22.8 Å². The van der Waals surface area contributed by atoms with Crippen LogP contribution in [-0.2, 0) is 0 Å². The number of nitrogens with one attached hydrogen (secondary N) is 1. The molecule has 0 saturated heterocycles. The fourth-order valence-electron chi connectivity index (χ4n) is 0.676. The van der Waals surface area contributed by atoms with Crippen LogP contribution in [0.1, 0.15) is 20.8 Å². The van der Waals surface area contributed by atoms with E-state index in [1.165, 1.54) is 11.9 Å². The molecule has 78 valence electrons. The van der Waals surface area contributed by atoms with Crippen LogP contribution in [0.3, 0.4) is 0 Å². The second-order valence-corrected chi connectivity index (χ2v) is 4.69. The van der Waals surface area contributed by atoms with Gasteiger partial charge in [0.2, 0.25) is 5.88 Å². The van der Waals surface area contributed by atoms with Crippen molar-refractivity contribution in [2.45, 2.75) is 31.3 Å². The van der Waals surface area contributed by atoms with E-state index in [0.717, 1.165) is 5.03 Å². The summed E-state index contributed by atoms with van der Waals surface area (Å²) in [6.07, 6.45) is 0. The van der Waals surface area contributed by atoms with Crippen LogP contribution in [0.2, 0.25) is 0 Å². The first kappa shape index (κ1) is 11.3. The molecule has 0 aliphatic rings. The number of hydrogen-bond donors (Lipinski definition) is 1. The van der Waals surface area contributed by atoms with Gasteiger partial charge < -0.3 is 4.74 Å². The average molecular weight is 213 g/mol. The van der Waals surface area contributed by atoms with Gasteiger partial charge in [0.15, 0.2) is 0 Å². The number of nitrogens with zero attached hydrogens (tertiary/aromatic N) is 2. The van der Waals surface area contributed by atoms with E-state index in [4.69, 9.17) is 4.74 Å². The van der Waals surface area contributed by atoms with E-state index in [1.807, 2.05) is 6.07 Å². The van der Waals surface area contributed by atoms with Crippen LogP contribution in [0.25, 0.3) is 0 Å². The average Bonchev–Trinajstić information content (AvgIpc) is 2.14. The Morgan fingerprint density at radius 1 is 1.29 bits per heavy atom. The zero-order valence-electron chi connectivity index (χ0n) is 8.87. The Hall–Kier alpha value is -0.810. The van der Waals surface area contributed by atoms with Crippen molar-refractivity contribution in [3.05, 3.63) is 12.1 Å². The molecule has 0 aromatic carbocycles. The van der Waals surface area contributed by atoms with Gasteiger partial charge in [0.25, 0.3) is 0 Å². The fourth-order valence-corrected chi connectivity index (χ4v) is 1.30. The molecule has 0 aliphatic carbocycles. The van der Waals surface area contributed by atoms with Crippen LogP contribution in [0.15, 0.2) is 17.2 Å². The molecule has 1 rings (SSSR count). The molecule has 0 amide bonds. The third kappa shape index (κ3) is 3.93. The summed E-state index contributed by atoms with van der Waals surface area (Å²) in [4.78, 5) is 0. The van der Waals surface area contributed by atoms with Gasteiger partial charge in [-0.05, 0) is 38.8 Å². The molecule has 1 aromatic heterocycles. The molecular formula is C9H15N3OS. The van der Waals surface area contributed by atoms with Crippen molar-refractivity contribution in [2.24, 2.45) is 0 Å². The molecule has 0 fully saturated rings. The summed E-state index contributed by atoms with van der Waals surface area (Å²) in [6, 6.07) is 3.66. The third-order valence-electron chi connectivity index (χ3n) is 1.29. The minimum atomic E-state index is 0.0618. The fraction of sp³-hybridized carbons (Fsp3) is 0.556. The lowest BCUT2D eigenvalue weighted by Crippen LogP contribution is -2.29. The van der Waals surface area contributed by atoms with Crippen molar-refractivity contribution < 1.29 is 4.74 Å². The smallest absolute Gasteiger partial charge is 0.233 e. The second-order valence-electron chi connectivity index (χ2n) is 3.87. The van der Waals surface area contributed by atoms with Gasteiger partial charge >= 0.3 is 0 Å². The molecule has 0 unspecified atom stereocenters. The van der Waals surface area contributed by atoms with E-state index in [2.05, 4.69) is 35.7 Å². The van der Waals surface area contributed by atoms with E-state index in [0.29, 0.717) is 5.88 Å². The van der Waals surface area contributed by atoms with Crippen LogP contribution >= 0.6 is 11.9 Å². The largest absolute Gasteiger partial charge is 0.480 e. The van der Waals surface area contributed by atoms with Gasteiger partial charge in [0.05, 0.1) is 7.11 Å². The van der Waals surface area contributed by atoms with Crippen molar-refractivity contribution in [1.29, 1.82) is 0 Å². The van der Waals surface area contributed by atoms with Crippen molar-refractivity contribution in [3.63, 3.8) is 0 Å². The van der Waals surface area contributed by atoms with Gasteiger partial charge in [0, 0.05) is 11.6 Å². The Kier molecular flexibility index (Phi) is 3.71. The monoisotopic (exact) mass is 213 g/mol. The standard InChI is InChI=1S/C9H15N3OS/c1-9(2,3)12-14-8-6-5-7(13-4)10-11-8/h5-6,12H,1-4H3. The predicted octanol–water partition coefficient (Wildman–Crippen LogP) is 1.88. The summed E-state index contributed by atoms with van der Waals surface area (Å²) < 4.78 is 8.16. The third-order valence-corrected chi connectivity index (χ3v) is 2.43. The van der Waals surface area contributed by atoms with E-state index < -0.39 is 0 Å². The summed E-state index contributed by atoms with van der Waals surface area (Å²) >= 11 is 1.47. The Bertz CT molecular complexity index is 281. The van der Waals surface area contributed by atoms with Crippen LogP contribution in [0.4, 0.5) is 0 Å². The highest BCUT2D eigenvalue weighted by molar-refractivity contribution is 7.97. The number of aromatic nitrogens is 2. The Balaban J connectivity index is 2.52. The first-order valence-electron chi connectivity index (χ1n) is 4.33. The summed E-state index contributed by atoms with van der Waals surface area (Å²) in [7, 11) is 1.57. The summed E-state index contributed by atoms with van der Waals surface area (Å²) in [5.74, 6) is 0.533. The quantitative estimate of drug-likeness (QED) is 0.777. The molecule has 1 aromatic rings. The van der Waals surface area contributed by atoms with Crippen LogP contribution in [0, 0.1) is 0 Å². The molecule has 0 atom stereocenters. The molecule has 0 radical (unpaired) electrons. The van der Waals surface area contributed by atoms with Crippen molar-refractivity contribution in [2.75, 3.05) is 7.11 Å². The minimum absolute atomic E-state index is 0.0618. The van der Waals surface area contributed by atoms with E-state index >= 15 is 0 Å². The maximum Gasteiger partial charge on any atom is 0.233 e. The molecule has 0 aliphatic heterocycles. The lowest BCUT2D eigenvalue weighted by molar-refractivity contribution is 0.390. The Morgan fingerprint density at radius 3 is 2.43 bits per heavy atom. The maximum atomic E-state index is 4.91. The topological polar surface area (TPSA) is 47.0 Å². The zero-order valence-corrected chi connectivity index (χ0v) is 9.68. The SMILES string of the molecule is COc1ccc(SNC(C)(C)C)nn1. The Labute approximate surface area is 88.6 Å². The second kappa shape index (κ2) is 4.61. The number of hydrogen-bond acceptors (Lipinski definition) is 5. The first-order chi connectivity index (χ1) is 6.51. The van der Waals surface area contributed by atoms with Crippen LogP contribution in [0.5, 0.6) is 5.88 Å². The van der Waals surface area contributed by atoms with E-state index in [1.54, 1.807) is 13.2 Å². The van der Waals surface area contributed by atoms with E-state index in [9.17, 15) is 0 Å². The van der Waals surface area contributed by atoms with Gasteiger partial charge in [-0.1, -0.05) is 0 Å². The maximum absolute atomic E-state index is 4.91. The number of rotatable bonds is 3. The van der Waals surface area contributed by atoms with Gasteiger partial charge in [-0.25, -0.2) is 0 Å². The highest BCUT2D eigenvalue weighted by Crippen LogP contribution is 2.16. The van der Waals surface area contributed by atoms with Crippen molar-refractivity contribution >= 4 is 11.9 Å². The van der Waals surface area contributed by atoms with Crippen molar-refractivity contribution in [3.8, 4) is 5.88 Å². The predicted molar refractivity (Wildman–Crippen MR) is 57.3 cm³/mol. The molecule has 0 saturated carbocycles. The molecule has 14 heavy (non-hydrogen) atoms. The molecule has 5 heteroatoms.